The number of hydrogen-bond donors (Lipinski definition) is 1. The van der Waals surface area contributed by atoms with Crippen LogP contribution in [0.3, 0.4) is 0 Å². The number of halogens is 1. The first-order chi connectivity index (χ1) is 18.4. The van der Waals surface area contributed by atoms with Crippen molar-refractivity contribution in [2.45, 2.75) is 93.7 Å². The lowest BCUT2D eigenvalue weighted by Crippen LogP contribution is -2.57. The lowest BCUT2D eigenvalue weighted by Gasteiger charge is -2.37. The molecule has 214 valence electrons. The van der Waals surface area contributed by atoms with Crippen molar-refractivity contribution in [3.8, 4) is 0 Å². The van der Waals surface area contributed by atoms with Crippen molar-refractivity contribution in [3.63, 3.8) is 0 Å². The van der Waals surface area contributed by atoms with Gasteiger partial charge in [0.15, 0.2) is 0 Å². The van der Waals surface area contributed by atoms with E-state index in [2.05, 4.69) is 36.0 Å². The lowest BCUT2D eigenvalue weighted by molar-refractivity contribution is -0.155. The van der Waals surface area contributed by atoms with E-state index in [1.807, 2.05) is 6.08 Å². The van der Waals surface area contributed by atoms with Crippen molar-refractivity contribution < 1.29 is 29.0 Å². The second-order valence-electron chi connectivity index (χ2n) is 10.7. The minimum absolute atomic E-state index is 0.0875. The molecule has 3 unspecified atom stereocenters. The molecule has 6 atom stereocenters. The van der Waals surface area contributed by atoms with Crippen LogP contribution in [0.2, 0.25) is 0 Å². The van der Waals surface area contributed by atoms with Crippen molar-refractivity contribution in [3.05, 3.63) is 25.3 Å². The molecule has 0 saturated carbocycles. The molecule has 3 fully saturated rings. The fourth-order valence-electron chi connectivity index (χ4n) is 6.32. The van der Waals surface area contributed by atoms with Gasteiger partial charge in [-0.15, -0.1) is 13.2 Å². The average Bonchev–Trinajstić information content (AvgIpc) is 3.49. The van der Waals surface area contributed by atoms with Crippen LogP contribution < -0.4 is 0 Å². The fourth-order valence-corrected chi connectivity index (χ4v) is 7.26. The molecule has 0 radical (unpaired) electrons. The third-order valence-electron chi connectivity index (χ3n) is 8.09. The Bertz CT molecular complexity index is 853. The highest BCUT2D eigenvalue weighted by molar-refractivity contribution is 9.09. The first-order valence-electron chi connectivity index (χ1n) is 14.3. The van der Waals surface area contributed by atoms with Crippen LogP contribution in [-0.4, -0.2) is 88.1 Å². The summed E-state index contributed by atoms with van der Waals surface area (Å²) in [7, 11) is 0. The normalized spacial score (nSPS) is 29.4. The van der Waals surface area contributed by atoms with Crippen molar-refractivity contribution in [2.75, 3.05) is 32.8 Å². The highest BCUT2D eigenvalue weighted by atomic mass is 79.9. The monoisotopic (exact) mass is 596 g/mol. The molecule has 3 aliphatic heterocycles. The standard InChI is InChI=1S/C29H45BrN2O6/c1-4-7-9-14-19-37-28(36)22-23-26(34)32(17-12-10-13-18-33)25(29(23)20-21(30)24(22)38-29)27(35)31(15-6-3)16-11-8-5-2/h4,6,21-25,33H,1,3,5,7-20H2,2H3/t21?,22-,23-,24-,25?,29?/m0/s1. The second kappa shape index (κ2) is 14.6. The Morgan fingerprint density at radius 3 is 2.66 bits per heavy atom. The van der Waals surface area contributed by atoms with Crippen LogP contribution in [0.15, 0.2) is 25.3 Å². The quantitative estimate of drug-likeness (QED) is 0.111. The van der Waals surface area contributed by atoms with Gasteiger partial charge in [0.1, 0.15) is 11.6 Å². The van der Waals surface area contributed by atoms with E-state index in [-0.39, 0.29) is 29.9 Å². The molecule has 3 saturated heterocycles. The zero-order valence-corrected chi connectivity index (χ0v) is 24.4. The fraction of sp³-hybridized carbons (Fsp3) is 0.759. The first kappa shape index (κ1) is 30.8. The predicted octanol–water partition coefficient (Wildman–Crippen LogP) is 4.00. The van der Waals surface area contributed by atoms with Crippen LogP contribution in [0, 0.1) is 11.8 Å². The molecular weight excluding hydrogens is 552 g/mol. The summed E-state index contributed by atoms with van der Waals surface area (Å²) in [6.07, 6.45) is 10.9. The molecule has 0 aliphatic carbocycles. The molecule has 0 aromatic carbocycles. The third kappa shape index (κ3) is 6.36. The van der Waals surface area contributed by atoms with E-state index in [1.54, 1.807) is 15.9 Å². The number of aliphatic hydroxyl groups excluding tert-OH is 1. The molecule has 3 heterocycles. The number of aliphatic hydroxyl groups is 1. The molecule has 0 aromatic rings. The van der Waals surface area contributed by atoms with E-state index in [1.165, 1.54) is 0 Å². The Balaban J connectivity index is 1.88. The summed E-state index contributed by atoms with van der Waals surface area (Å²) in [4.78, 5) is 44.8. The van der Waals surface area contributed by atoms with E-state index in [0.29, 0.717) is 38.9 Å². The molecule has 1 spiro atoms. The Morgan fingerprint density at radius 2 is 1.97 bits per heavy atom. The van der Waals surface area contributed by atoms with Crippen molar-refractivity contribution in [2.24, 2.45) is 11.8 Å². The summed E-state index contributed by atoms with van der Waals surface area (Å²) >= 11 is 3.70. The maximum Gasteiger partial charge on any atom is 0.312 e. The molecule has 2 bridgehead atoms. The largest absolute Gasteiger partial charge is 0.465 e. The Hall–Kier alpha value is -1.71. The molecule has 2 amide bonds. The van der Waals surface area contributed by atoms with Gasteiger partial charge in [0.25, 0.3) is 0 Å². The number of allylic oxidation sites excluding steroid dienone is 1. The number of fused-ring (bicyclic) bond motifs is 1. The molecule has 9 heteroatoms. The van der Waals surface area contributed by atoms with Crippen molar-refractivity contribution in [1.29, 1.82) is 0 Å². The number of carbonyl (C=O) groups is 3. The van der Waals surface area contributed by atoms with Crippen LogP contribution in [0.1, 0.15) is 71.1 Å². The predicted molar refractivity (Wildman–Crippen MR) is 150 cm³/mol. The van der Waals surface area contributed by atoms with Gasteiger partial charge in [-0.3, -0.25) is 14.4 Å². The van der Waals surface area contributed by atoms with Crippen LogP contribution in [0.25, 0.3) is 0 Å². The number of unbranched alkanes of at least 4 members (excludes halogenated alkanes) is 6. The topological polar surface area (TPSA) is 96.4 Å². The molecular formula is C29H45BrN2O6. The van der Waals surface area contributed by atoms with E-state index in [4.69, 9.17) is 9.47 Å². The van der Waals surface area contributed by atoms with Gasteiger partial charge < -0.3 is 24.4 Å². The maximum absolute atomic E-state index is 14.2. The van der Waals surface area contributed by atoms with Crippen LogP contribution in [-0.2, 0) is 23.9 Å². The van der Waals surface area contributed by atoms with E-state index >= 15 is 0 Å². The molecule has 0 aromatic heterocycles. The lowest BCUT2D eigenvalue weighted by atomic mass is 9.70. The molecule has 38 heavy (non-hydrogen) atoms. The third-order valence-corrected chi connectivity index (χ3v) is 8.94. The SMILES string of the molecule is C=CCCCCOC(=O)[C@H]1[C@H]2C(=O)N(CCCCCO)C(C(=O)N(CC=C)CCCCC)C23CC(Br)[C@@H]1O3. The van der Waals surface area contributed by atoms with Crippen LogP contribution in [0.4, 0.5) is 0 Å². The first-order valence-corrected chi connectivity index (χ1v) is 15.2. The van der Waals surface area contributed by atoms with E-state index < -0.39 is 35.6 Å². The number of alkyl halides is 1. The number of ether oxygens (including phenoxy) is 2. The minimum atomic E-state index is -1.07. The van der Waals surface area contributed by atoms with Gasteiger partial charge in [-0.2, -0.15) is 0 Å². The smallest absolute Gasteiger partial charge is 0.312 e. The zero-order valence-electron chi connectivity index (χ0n) is 22.8. The Morgan fingerprint density at radius 1 is 1.18 bits per heavy atom. The maximum atomic E-state index is 14.2. The van der Waals surface area contributed by atoms with Crippen molar-refractivity contribution in [1.82, 2.24) is 9.80 Å². The van der Waals surface area contributed by atoms with E-state index in [9.17, 15) is 19.5 Å². The molecule has 3 aliphatic rings. The molecule has 1 N–H and O–H groups in total. The minimum Gasteiger partial charge on any atom is -0.465 e. The number of hydrogen-bond acceptors (Lipinski definition) is 6. The molecule has 3 rings (SSSR count). The summed E-state index contributed by atoms with van der Waals surface area (Å²) in [6.45, 7) is 11.4. The zero-order chi connectivity index (χ0) is 27.7. The summed E-state index contributed by atoms with van der Waals surface area (Å²) in [5, 5.41) is 9.21. The van der Waals surface area contributed by atoms with Gasteiger partial charge in [0.2, 0.25) is 11.8 Å². The second-order valence-corrected chi connectivity index (χ2v) is 11.9. The summed E-state index contributed by atoms with van der Waals surface area (Å²) in [5.74, 6) is -2.24. The number of nitrogens with zero attached hydrogens (tertiary/aromatic N) is 2. The summed E-state index contributed by atoms with van der Waals surface area (Å²) in [6, 6.07) is -0.800. The number of amides is 2. The number of likely N-dealkylation sites (tertiary alicyclic amines) is 1. The van der Waals surface area contributed by atoms with Crippen molar-refractivity contribution >= 4 is 33.7 Å². The van der Waals surface area contributed by atoms with Crippen LogP contribution in [0.5, 0.6) is 0 Å². The number of carbonyl (C=O) groups excluding carboxylic acids is 3. The average molecular weight is 598 g/mol. The summed E-state index contributed by atoms with van der Waals surface area (Å²) < 4.78 is 12.2. The van der Waals surface area contributed by atoms with Gasteiger partial charge in [-0.25, -0.2) is 0 Å². The number of esters is 1. The van der Waals surface area contributed by atoms with Gasteiger partial charge in [-0.05, 0) is 51.4 Å². The number of rotatable bonds is 18. The Labute approximate surface area is 235 Å². The molecule has 8 nitrogen and oxygen atoms in total. The summed E-state index contributed by atoms with van der Waals surface area (Å²) in [5.41, 5.74) is -1.07. The van der Waals surface area contributed by atoms with Gasteiger partial charge in [-0.1, -0.05) is 47.8 Å². The van der Waals surface area contributed by atoms with Gasteiger partial charge in [0, 0.05) is 31.1 Å². The van der Waals surface area contributed by atoms with Gasteiger partial charge in [0.05, 0.1) is 24.5 Å². The highest BCUT2D eigenvalue weighted by Gasteiger charge is 2.77. The van der Waals surface area contributed by atoms with Gasteiger partial charge >= 0.3 is 5.97 Å². The van der Waals surface area contributed by atoms with E-state index in [0.717, 1.165) is 44.9 Å². The van der Waals surface area contributed by atoms with Crippen LogP contribution >= 0.6 is 15.9 Å². The highest BCUT2D eigenvalue weighted by Crippen LogP contribution is 2.60. The Kier molecular flexibility index (Phi) is 11.9.